The minimum absolute atomic E-state index is 0.00281. The number of rotatable bonds is 3. The Morgan fingerprint density at radius 2 is 2.06 bits per heavy atom. The Bertz CT molecular complexity index is 1900. The molecule has 5 aliphatic rings. The van der Waals surface area contributed by atoms with Crippen LogP contribution >= 0.6 is 0 Å². The van der Waals surface area contributed by atoms with Gasteiger partial charge in [-0.25, -0.2) is 18.0 Å². The molecule has 0 amide bonds. The highest BCUT2D eigenvalue weighted by Gasteiger charge is 2.49. The second-order valence-corrected chi connectivity index (χ2v) is 13.3. The molecule has 0 spiro atoms. The average molecular weight is 649 g/mol. The minimum atomic E-state index is -1.06. The zero-order valence-electron chi connectivity index (χ0n) is 26.0. The van der Waals surface area contributed by atoms with Gasteiger partial charge in [-0.3, -0.25) is 9.88 Å². The largest absolute Gasteiger partial charge is 0.508 e. The minimum Gasteiger partial charge on any atom is -0.461 e. The van der Waals surface area contributed by atoms with Gasteiger partial charge in [-0.05, 0) is 48.7 Å². The number of nitrogens with one attached hydrogen (secondary N) is 1. The van der Waals surface area contributed by atoms with Gasteiger partial charge in [0.1, 0.15) is 41.2 Å². The van der Waals surface area contributed by atoms with E-state index in [2.05, 4.69) is 20.2 Å². The SMILES string of the molecule is CC12CNCCN(C1)c1nc(OC[C@@]34CCCN3C[C@H](F)C4)nc3c(F)c(ncc13)-c1cccc3ccc(F)c(c13)CCOC(=O)O2. The molecule has 1 N–H and O–H groups in total. The van der Waals surface area contributed by atoms with E-state index in [1.54, 1.807) is 25.1 Å². The number of fused-ring (bicyclic) bond motifs is 6. The highest BCUT2D eigenvalue weighted by Crippen LogP contribution is 2.41. The van der Waals surface area contributed by atoms with Crippen molar-refractivity contribution in [2.24, 2.45) is 0 Å². The average Bonchev–Trinajstić information content (AvgIpc) is 3.50. The number of aromatic nitrogens is 3. The molecule has 3 fully saturated rings. The Hall–Kier alpha value is -4.23. The van der Waals surface area contributed by atoms with Crippen molar-refractivity contribution < 1.29 is 32.2 Å². The molecule has 1 unspecified atom stereocenters. The summed E-state index contributed by atoms with van der Waals surface area (Å²) in [6, 6.07) is 8.18. The normalized spacial score (nSPS) is 26.4. The van der Waals surface area contributed by atoms with Gasteiger partial charge in [-0.15, -0.1) is 0 Å². The van der Waals surface area contributed by atoms with Crippen LogP contribution in [0.5, 0.6) is 6.01 Å². The number of hydrogen-bond acceptors (Lipinski definition) is 10. The van der Waals surface area contributed by atoms with Gasteiger partial charge in [0.25, 0.3) is 0 Å². The van der Waals surface area contributed by atoms with Crippen LogP contribution in [0.2, 0.25) is 0 Å². The van der Waals surface area contributed by atoms with Gasteiger partial charge in [0, 0.05) is 50.8 Å². The lowest BCUT2D eigenvalue weighted by molar-refractivity contribution is -0.0185. The number of nitrogens with zero attached hydrogens (tertiary/aromatic N) is 5. The molecule has 0 radical (unpaired) electrons. The fourth-order valence-corrected chi connectivity index (χ4v) is 7.85. The van der Waals surface area contributed by atoms with E-state index in [0.717, 1.165) is 19.4 Å². The second-order valence-electron chi connectivity index (χ2n) is 13.3. The number of carbonyl (C=O) groups is 1. The Labute approximate surface area is 269 Å². The van der Waals surface area contributed by atoms with Crippen molar-refractivity contribution in [3.63, 3.8) is 0 Å². The third kappa shape index (κ3) is 5.29. The van der Waals surface area contributed by atoms with Crippen molar-refractivity contribution in [1.29, 1.82) is 0 Å². The van der Waals surface area contributed by atoms with Crippen LogP contribution in [0, 0.1) is 11.6 Å². The lowest BCUT2D eigenvalue weighted by Crippen LogP contribution is -2.47. The fourth-order valence-electron chi connectivity index (χ4n) is 7.85. The maximum atomic E-state index is 16.9. The molecule has 5 aliphatic heterocycles. The van der Waals surface area contributed by atoms with E-state index < -0.39 is 35.1 Å². The van der Waals surface area contributed by atoms with Gasteiger partial charge < -0.3 is 24.4 Å². The number of hydrogen-bond donors (Lipinski definition) is 1. The molecule has 2 aromatic carbocycles. The molecule has 9 rings (SSSR count). The molecule has 0 saturated carbocycles. The fraction of sp³-hybridized carbons (Fsp3) is 0.471. The topological polar surface area (TPSA) is 102 Å². The van der Waals surface area contributed by atoms with E-state index in [1.807, 2.05) is 11.0 Å². The van der Waals surface area contributed by atoms with E-state index in [4.69, 9.17) is 19.2 Å². The van der Waals surface area contributed by atoms with Gasteiger partial charge in [0.05, 0.1) is 24.1 Å². The van der Waals surface area contributed by atoms with Crippen molar-refractivity contribution in [2.45, 2.75) is 49.9 Å². The van der Waals surface area contributed by atoms with Crippen LogP contribution in [-0.2, 0) is 15.9 Å². The van der Waals surface area contributed by atoms with Crippen LogP contribution in [0.3, 0.4) is 0 Å². The lowest BCUT2D eigenvalue weighted by atomic mass is 9.94. The van der Waals surface area contributed by atoms with Crippen LogP contribution in [0.4, 0.5) is 23.8 Å². The van der Waals surface area contributed by atoms with Crippen molar-refractivity contribution in [3.05, 3.63) is 53.7 Å². The third-order valence-electron chi connectivity index (χ3n) is 10.0. The molecule has 47 heavy (non-hydrogen) atoms. The molecule has 4 aromatic rings. The number of ether oxygens (including phenoxy) is 3. The van der Waals surface area contributed by atoms with E-state index >= 15 is 8.78 Å². The summed E-state index contributed by atoms with van der Waals surface area (Å²) in [4.78, 5) is 30.9. The number of benzene rings is 2. The Morgan fingerprint density at radius 3 is 2.96 bits per heavy atom. The molecule has 13 heteroatoms. The monoisotopic (exact) mass is 648 g/mol. The summed E-state index contributed by atoms with van der Waals surface area (Å²) >= 11 is 0. The zero-order chi connectivity index (χ0) is 32.3. The van der Waals surface area contributed by atoms with Crippen LogP contribution in [-0.4, -0.2) is 95.8 Å². The number of carbonyl (C=O) groups excluding carboxylic acids is 1. The standard InChI is InChI=1S/C34H35F3N6O4/c1-33-17-38-10-12-42(18-33)30-24-15-39-28(23-5-2-4-20-6-7-25(36)22(26(20)23)8-13-45-32(44)47-33)27(37)29(24)40-31(41-30)46-19-34-9-3-11-43(34)16-21(35)14-34/h2,4-7,15,21,38H,3,8-14,16-19H2,1H3/t21-,33?,34+/m1/s1. The Balaban J connectivity index is 1.32. The van der Waals surface area contributed by atoms with Crippen LogP contribution in [0.15, 0.2) is 36.5 Å². The quantitative estimate of drug-likeness (QED) is 0.307. The number of anilines is 1. The summed E-state index contributed by atoms with van der Waals surface area (Å²) in [5, 5.41) is 4.78. The summed E-state index contributed by atoms with van der Waals surface area (Å²) in [6.07, 6.45) is 1.85. The number of halogens is 3. The summed E-state index contributed by atoms with van der Waals surface area (Å²) in [7, 11) is 0. The van der Waals surface area contributed by atoms with Crippen molar-refractivity contribution in [3.8, 4) is 17.3 Å². The van der Waals surface area contributed by atoms with Gasteiger partial charge in [0.15, 0.2) is 5.82 Å². The van der Waals surface area contributed by atoms with E-state index in [1.165, 1.54) is 12.3 Å². The highest BCUT2D eigenvalue weighted by atomic mass is 19.1. The van der Waals surface area contributed by atoms with Crippen LogP contribution < -0.4 is 15.0 Å². The summed E-state index contributed by atoms with van der Waals surface area (Å²) in [5.74, 6) is -0.848. The first-order valence-corrected chi connectivity index (χ1v) is 16.1. The predicted molar refractivity (Wildman–Crippen MR) is 168 cm³/mol. The first-order chi connectivity index (χ1) is 22.7. The smallest absolute Gasteiger partial charge is 0.461 e. The van der Waals surface area contributed by atoms with Crippen LogP contribution in [0.1, 0.15) is 31.7 Å². The highest BCUT2D eigenvalue weighted by molar-refractivity contribution is 6.01. The third-order valence-corrected chi connectivity index (χ3v) is 10.0. The molecule has 6 bridgehead atoms. The van der Waals surface area contributed by atoms with Crippen molar-refractivity contribution in [2.75, 3.05) is 57.4 Å². The lowest BCUT2D eigenvalue weighted by Gasteiger charge is -2.33. The molecule has 10 nitrogen and oxygen atoms in total. The van der Waals surface area contributed by atoms with E-state index in [9.17, 15) is 9.18 Å². The number of alkyl halides is 1. The maximum Gasteiger partial charge on any atom is 0.508 e. The molecule has 3 atom stereocenters. The van der Waals surface area contributed by atoms with Gasteiger partial charge in [-0.1, -0.05) is 24.3 Å². The number of pyridine rings is 1. The maximum absolute atomic E-state index is 16.9. The molecule has 2 aromatic heterocycles. The summed E-state index contributed by atoms with van der Waals surface area (Å²) < 4.78 is 64.4. The molecular weight excluding hydrogens is 613 g/mol. The van der Waals surface area contributed by atoms with E-state index in [-0.39, 0.29) is 49.0 Å². The van der Waals surface area contributed by atoms with Crippen molar-refractivity contribution >= 4 is 33.6 Å². The van der Waals surface area contributed by atoms with Gasteiger partial charge in [-0.2, -0.15) is 9.97 Å². The van der Waals surface area contributed by atoms with Crippen molar-refractivity contribution in [1.82, 2.24) is 25.2 Å². The van der Waals surface area contributed by atoms with E-state index in [0.29, 0.717) is 60.1 Å². The predicted octanol–water partition coefficient (Wildman–Crippen LogP) is 4.96. The molecule has 0 aliphatic carbocycles. The molecule has 3 saturated heterocycles. The zero-order valence-corrected chi connectivity index (χ0v) is 26.0. The second kappa shape index (κ2) is 11.5. The first kappa shape index (κ1) is 30.1. The first-order valence-electron chi connectivity index (χ1n) is 16.1. The summed E-state index contributed by atoms with van der Waals surface area (Å²) in [6.45, 7) is 4.46. The Kier molecular flexibility index (Phi) is 7.36. The molecule has 7 heterocycles. The van der Waals surface area contributed by atoms with Crippen LogP contribution in [0.25, 0.3) is 32.9 Å². The Morgan fingerprint density at radius 1 is 1.17 bits per heavy atom. The summed E-state index contributed by atoms with van der Waals surface area (Å²) in [5.41, 5.74) is -0.889. The van der Waals surface area contributed by atoms with Gasteiger partial charge in [0.2, 0.25) is 0 Å². The molecular formula is C34H35F3N6O4. The van der Waals surface area contributed by atoms with Gasteiger partial charge >= 0.3 is 12.2 Å². The molecule has 246 valence electrons.